The summed E-state index contributed by atoms with van der Waals surface area (Å²) in [4.78, 5) is 0. The number of hydrogen-bond donors (Lipinski definition) is 0. The summed E-state index contributed by atoms with van der Waals surface area (Å²) in [5, 5.41) is 0. The summed E-state index contributed by atoms with van der Waals surface area (Å²) in [6.07, 6.45) is 4.91. The van der Waals surface area contributed by atoms with E-state index in [2.05, 4.69) is 6.08 Å². The Labute approximate surface area is 63.2 Å². The van der Waals surface area contributed by atoms with Gasteiger partial charge in [0.05, 0.1) is 5.56 Å². The lowest BCUT2D eigenvalue weighted by Crippen LogP contribution is -1.95. The first kappa shape index (κ1) is 5.29. The van der Waals surface area contributed by atoms with Crippen molar-refractivity contribution < 1.29 is 13.9 Å². The molecule has 1 aliphatic heterocycles. The molecule has 3 nitrogen and oxygen atoms in total. The number of rotatable bonds is 0. The Morgan fingerprint density at radius 1 is 1.27 bits per heavy atom. The van der Waals surface area contributed by atoms with Crippen LogP contribution in [-0.2, 0) is 6.42 Å². The van der Waals surface area contributed by atoms with E-state index in [0.717, 1.165) is 23.5 Å². The number of ether oxygens (including phenoxy) is 2. The van der Waals surface area contributed by atoms with Gasteiger partial charge in [-0.3, -0.25) is 0 Å². The minimum atomic E-state index is 0.287. The molecule has 0 atom stereocenters. The van der Waals surface area contributed by atoms with Crippen LogP contribution >= 0.6 is 0 Å². The van der Waals surface area contributed by atoms with E-state index in [0.29, 0.717) is 5.95 Å². The molecule has 0 unspecified atom stereocenters. The smallest absolute Gasteiger partial charge is 0.332 e. The van der Waals surface area contributed by atoms with Gasteiger partial charge in [-0.2, -0.15) is 0 Å². The molecule has 56 valence electrons. The average Bonchev–Trinajstić information content (AvgIpc) is 2.52. The van der Waals surface area contributed by atoms with E-state index in [9.17, 15) is 0 Å². The molecule has 0 spiro atoms. The molecule has 3 heteroatoms. The lowest BCUT2D eigenvalue weighted by atomic mass is 10.3. The van der Waals surface area contributed by atoms with Gasteiger partial charge in [-0.1, -0.05) is 12.2 Å². The summed E-state index contributed by atoms with van der Waals surface area (Å²) in [5.74, 6) is 2.27. The summed E-state index contributed by atoms with van der Waals surface area (Å²) >= 11 is 0. The molecule has 3 rings (SSSR count). The Kier molecular flexibility index (Phi) is 0.776. The second-order valence-corrected chi connectivity index (χ2v) is 2.57. The van der Waals surface area contributed by atoms with Crippen molar-refractivity contribution >= 4 is 6.08 Å². The Hall–Kier alpha value is -1.38. The van der Waals surface area contributed by atoms with Crippen molar-refractivity contribution in [1.29, 1.82) is 0 Å². The minimum absolute atomic E-state index is 0.287. The van der Waals surface area contributed by atoms with Crippen LogP contribution in [-0.4, -0.2) is 6.79 Å². The number of fused-ring (bicyclic) bond motifs is 3. The van der Waals surface area contributed by atoms with Gasteiger partial charge in [-0.15, -0.1) is 0 Å². The third kappa shape index (κ3) is 0.533. The third-order valence-electron chi connectivity index (χ3n) is 1.93. The first-order valence-electron chi connectivity index (χ1n) is 3.53. The van der Waals surface area contributed by atoms with Crippen molar-refractivity contribution in [2.75, 3.05) is 6.79 Å². The van der Waals surface area contributed by atoms with Gasteiger partial charge in [0, 0.05) is 6.42 Å². The molecule has 1 aromatic rings. The van der Waals surface area contributed by atoms with Crippen LogP contribution in [0, 0.1) is 0 Å². The van der Waals surface area contributed by atoms with Crippen molar-refractivity contribution in [3.05, 3.63) is 17.4 Å². The monoisotopic (exact) mass is 150 g/mol. The van der Waals surface area contributed by atoms with E-state index >= 15 is 0 Å². The fraction of sp³-hybridized carbons (Fsp3) is 0.250. The molecule has 0 radical (unpaired) electrons. The maximum absolute atomic E-state index is 5.36. The van der Waals surface area contributed by atoms with Gasteiger partial charge in [0.15, 0.2) is 0 Å². The lowest BCUT2D eigenvalue weighted by molar-refractivity contribution is 0.148. The first-order valence-corrected chi connectivity index (χ1v) is 3.53. The van der Waals surface area contributed by atoms with E-state index in [1.165, 1.54) is 0 Å². The molecule has 1 aliphatic carbocycles. The van der Waals surface area contributed by atoms with Crippen molar-refractivity contribution in [2.45, 2.75) is 6.42 Å². The molecule has 11 heavy (non-hydrogen) atoms. The Morgan fingerprint density at radius 2 is 2.27 bits per heavy atom. The molecule has 0 aromatic carbocycles. The van der Waals surface area contributed by atoms with Crippen molar-refractivity contribution in [2.24, 2.45) is 0 Å². The maximum Gasteiger partial charge on any atom is 0.332 e. The van der Waals surface area contributed by atoms with Crippen molar-refractivity contribution in [1.82, 2.24) is 0 Å². The molecule has 0 saturated carbocycles. The number of furan rings is 1. The zero-order chi connectivity index (χ0) is 7.26. The van der Waals surface area contributed by atoms with Crippen molar-refractivity contribution in [3.8, 4) is 11.7 Å². The summed E-state index contributed by atoms with van der Waals surface area (Å²) in [6.45, 7) is 0.287. The molecule has 2 heterocycles. The summed E-state index contributed by atoms with van der Waals surface area (Å²) in [5.41, 5.74) is 1.05. The molecule has 0 fully saturated rings. The topological polar surface area (TPSA) is 31.6 Å². The molecule has 0 amide bonds. The first-order chi connectivity index (χ1) is 5.45. The van der Waals surface area contributed by atoms with Crippen LogP contribution in [0.25, 0.3) is 6.08 Å². The van der Waals surface area contributed by atoms with Gasteiger partial charge in [-0.25, -0.2) is 0 Å². The summed E-state index contributed by atoms with van der Waals surface area (Å²) in [7, 11) is 0. The standard InChI is InChI=1S/C8H6O3/c1-2-5-6(3-1)11-8-7(5)9-4-10-8/h1-2H,3-4H2. The maximum atomic E-state index is 5.36. The quantitative estimate of drug-likeness (QED) is 0.562. The Balaban J connectivity index is 2.28. The van der Waals surface area contributed by atoms with Gasteiger partial charge in [0.2, 0.25) is 12.5 Å². The predicted molar refractivity (Wildman–Crippen MR) is 37.6 cm³/mol. The zero-order valence-corrected chi connectivity index (χ0v) is 5.79. The van der Waals surface area contributed by atoms with E-state index in [1.807, 2.05) is 6.08 Å². The molecule has 1 aromatic heterocycles. The van der Waals surface area contributed by atoms with Gasteiger partial charge >= 0.3 is 5.95 Å². The van der Waals surface area contributed by atoms with E-state index < -0.39 is 0 Å². The molecule has 0 N–H and O–H groups in total. The predicted octanol–water partition coefficient (Wildman–Crippen LogP) is 1.58. The molecule has 0 saturated heterocycles. The fourth-order valence-electron chi connectivity index (χ4n) is 1.43. The van der Waals surface area contributed by atoms with Crippen LogP contribution in [0.4, 0.5) is 0 Å². The van der Waals surface area contributed by atoms with Gasteiger partial charge in [0.25, 0.3) is 0 Å². The van der Waals surface area contributed by atoms with E-state index in [4.69, 9.17) is 13.9 Å². The van der Waals surface area contributed by atoms with Gasteiger partial charge in [-0.05, 0) is 0 Å². The van der Waals surface area contributed by atoms with Crippen LogP contribution in [0.5, 0.6) is 11.7 Å². The lowest BCUT2D eigenvalue weighted by Gasteiger charge is -1.91. The average molecular weight is 150 g/mol. The van der Waals surface area contributed by atoms with Crippen LogP contribution in [0.3, 0.4) is 0 Å². The molecule has 0 bridgehead atoms. The van der Waals surface area contributed by atoms with Crippen molar-refractivity contribution in [3.63, 3.8) is 0 Å². The fourth-order valence-corrected chi connectivity index (χ4v) is 1.43. The second kappa shape index (κ2) is 1.61. The highest BCUT2D eigenvalue weighted by molar-refractivity contribution is 5.67. The molecule has 2 aliphatic rings. The molecular formula is C8H6O3. The van der Waals surface area contributed by atoms with Gasteiger partial charge in [0.1, 0.15) is 5.76 Å². The summed E-state index contributed by atoms with van der Waals surface area (Å²) in [6, 6.07) is 0. The third-order valence-corrected chi connectivity index (χ3v) is 1.93. The highest BCUT2D eigenvalue weighted by Gasteiger charge is 2.27. The minimum Gasteiger partial charge on any atom is -0.449 e. The number of allylic oxidation sites excluding steroid dienone is 1. The van der Waals surface area contributed by atoms with Gasteiger partial charge < -0.3 is 13.9 Å². The SMILES string of the molecule is C1=Cc2c(oc3c2OCO3)C1. The van der Waals surface area contributed by atoms with Crippen LogP contribution < -0.4 is 9.47 Å². The summed E-state index contributed by atoms with van der Waals surface area (Å²) < 4.78 is 15.6. The Bertz CT molecular complexity index is 335. The van der Waals surface area contributed by atoms with Crippen LogP contribution in [0.15, 0.2) is 10.5 Å². The van der Waals surface area contributed by atoms with E-state index in [-0.39, 0.29) is 6.79 Å². The second-order valence-electron chi connectivity index (χ2n) is 2.57. The van der Waals surface area contributed by atoms with E-state index in [1.54, 1.807) is 0 Å². The highest BCUT2D eigenvalue weighted by atomic mass is 16.7. The largest absolute Gasteiger partial charge is 0.449 e. The Morgan fingerprint density at radius 3 is 3.27 bits per heavy atom. The van der Waals surface area contributed by atoms with Crippen LogP contribution in [0.2, 0.25) is 0 Å². The normalized spacial score (nSPS) is 17.5. The number of hydrogen-bond acceptors (Lipinski definition) is 3. The van der Waals surface area contributed by atoms with Crippen LogP contribution in [0.1, 0.15) is 11.3 Å². The zero-order valence-electron chi connectivity index (χ0n) is 5.79. The molecular weight excluding hydrogens is 144 g/mol. The highest BCUT2D eigenvalue weighted by Crippen LogP contribution is 2.43.